The lowest BCUT2D eigenvalue weighted by molar-refractivity contribution is -0.133. The molecule has 2 amide bonds. The van der Waals surface area contributed by atoms with Gasteiger partial charge in [0.15, 0.2) is 0 Å². The Bertz CT molecular complexity index is 2180. The zero-order chi connectivity index (χ0) is 38.4. The number of benzene rings is 2. The summed E-state index contributed by atoms with van der Waals surface area (Å²) in [6.45, 7) is 6.82. The van der Waals surface area contributed by atoms with Gasteiger partial charge in [-0.05, 0) is 113 Å². The summed E-state index contributed by atoms with van der Waals surface area (Å²) in [5, 5.41) is 6.23. The number of pyridine rings is 2. The van der Waals surface area contributed by atoms with Gasteiger partial charge in [0.25, 0.3) is 12.0 Å². The average Bonchev–Trinajstić information content (AvgIpc) is 3.18. The van der Waals surface area contributed by atoms with Crippen molar-refractivity contribution >= 4 is 45.6 Å². The maximum atomic E-state index is 15.3. The maximum absolute atomic E-state index is 15.3. The van der Waals surface area contributed by atoms with Gasteiger partial charge in [-0.2, -0.15) is 0 Å². The van der Waals surface area contributed by atoms with Gasteiger partial charge in [0.2, 0.25) is 11.8 Å². The highest BCUT2D eigenvalue weighted by Gasteiger charge is 2.31. The quantitative estimate of drug-likeness (QED) is 0.192. The smallest absolute Gasteiger partial charge is 0.263 e. The van der Waals surface area contributed by atoms with E-state index >= 15 is 4.39 Å². The second-order valence-electron chi connectivity index (χ2n) is 15.8. The first-order chi connectivity index (χ1) is 26.5. The van der Waals surface area contributed by atoms with Crippen molar-refractivity contribution in [2.24, 2.45) is 13.0 Å². The molecule has 4 aromatic rings. The monoisotopic (exact) mass is 755 g/mol. The molecule has 55 heavy (non-hydrogen) atoms. The van der Waals surface area contributed by atoms with Crippen LogP contribution in [-0.2, 0) is 23.1 Å². The lowest BCUT2D eigenvalue weighted by atomic mass is 9.90. The molecule has 10 nitrogen and oxygen atoms in total. The first kappa shape index (κ1) is 37.0. The number of piperidine rings is 3. The molecular weight excluding hydrogens is 708 g/mol. The van der Waals surface area contributed by atoms with Crippen molar-refractivity contribution in [3.8, 4) is 0 Å². The van der Waals surface area contributed by atoms with Crippen LogP contribution in [-0.4, -0.2) is 71.6 Å². The molecule has 3 saturated heterocycles. The number of hydrogen-bond donors (Lipinski definition) is 2. The van der Waals surface area contributed by atoms with Crippen LogP contribution in [0.15, 0.2) is 53.3 Å². The summed E-state index contributed by atoms with van der Waals surface area (Å²) >= 11 is 0. The predicted molar refractivity (Wildman–Crippen MR) is 208 cm³/mol. The number of alkyl halides is 2. The lowest BCUT2D eigenvalue weighted by Crippen LogP contribution is -2.47. The highest BCUT2D eigenvalue weighted by Crippen LogP contribution is 2.40. The van der Waals surface area contributed by atoms with Crippen molar-refractivity contribution < 1.29 is 22.8 Å². The minimum absolute atomic E-state index is 0.00450. The molecular formula is C42H48F3N7O3. The molecule has 0 aliphatic carbocycles. The van der Waals surface area contributed by atoms with E-state index in [0.29, 0.717) is 35.8 Å². The number of halogens is 3. The molecule has 2 aromatic heterocycles. The summed E-state index contributed by atoms with van der Waals surface area (Å²) in [5.41, 5.74) is 5.17. The molecule has 0 saturated carbocycles. The van der Waals surface area contributed by atoms with E-state index in [9.17, 15) is 23.2 Å². The summed E-state index contributed by atoms with van der Waals surface area (Å²) in [7, 11) is 1.79. The minimum Gasteiger partial charge on any atom is -0.374 e. The average molecular weight is 756 g/mol. The fourth-order valence-corrected chi connectivity index (χ4v) is 9.00. The largest absolute Gasteiger partial charge is 0.374 e. The summed E-state index contributed by atoms with van der Waals surface area (Å²) < 4.78 is 44.7. The Hall–Kier alpha value is -4.91. The molecule has 6 heterocycles. The molecule has 13 heteroatoms. The van der Waals surface area contributed by atoms with E-state index in [4.69, 9.17) is 4.98 Å². The highest BCUT2D eigenvalue weighted by molar-refractivity contribution is 6.01. The standard InChI is InChI=1S/C42H48F3N7O3/c1-25-20-31-37(49(2)42(25)55)23-34(47-40(31)52-15-3-4-28-5-6-29(39(44)45)21-36(28)52)27-13-16-50(17-14-27)24-26-11-18-51(19-12-26)35-9-7-30(22-32(35)43)46-33-8-10-38(53)48-41(33)54/h5-7,9,20-23,26-27,33,39,46H,3-4,8,10-19,24H2,1-2H3,(H,48,53,54). The van der Waals surface area contributed by atoms with Crippen LogP contribution in [0.25, 0.3) is 10.9 Å². The van der Waals surface area contributed by atoms with Gasteiger partial charge in [0.05, 0.1) is 11.2 Å². The number of anilines is 4. The van der Waals surface area contributed by atoms with Gasteiger partial charge in [-0.15, -0.1) is 0 Å². The van der Waals surface area contributed by atoms with Crippen molar-refractivity contribution in [2.45, 2.75) is 76.7 Å². The van der Waals surface area contributed by atoms with Gasteiger partial charge in [-0.25, -0.2) is 18.2 Å². The van der Waals surface area contributed by atoms with Crippen LogP contribution >= 0.6 is 0 Å². The number of carbonyl (C=O) groups is 2. The Balaban J connectivity index is 0.921. The number of rotatable bonds is 8. The third-order valence-electron chi connectivity index (χ3n) is 12.1. The predicted octanol–water partition coefficient (Wildman–Crippen LogP) is 6.72. The summed E-state index contributed by atoms with van der Waals surface area (Å²) in [5.74, 6) is 0.426. The Labute approximate surface area is 318 Å². The second-order valence-corrected chi connectivity index (χ2v) is 15.8. The molecule has 2 N–H and O–H groups in total. The summed E-state index contributed by atoms with van der Waals surface area (Å²) in [6, 6.07) is 13.3. The second kappa shape index (κ2) is 15.3. The van der Waals surface area contributed by atoms with Crippen molar-refractivity contribution in [3.63, 3.8) is 0 Å². The van der Waals surface area contributed by atoms with Gasteiger partial charge in [0, 0.05) is 79.1 Å². The molecule has 0 bridgehead atoms. The fourth-order valence-electron chi connectivity index (χ4n) is 9.00. The van der Waals surface area contributed by atoms with Crippen molar-refractivity contribution in [2.75, 3.05) is 54.4 Å². The highest BCUT2D eigenvalue weighted by atomic mass is 19.3. The van der Waals surface area contributed by atoms with E-state index in [1.165, 1.54) is 12.1 Å². The molecule has 1 atom stereocenters. The number of imide groups is 1. The normalized spacial score (nSPS) is 20.3. The lowest BCUT2D eigenvalue weighted by Gasteiger charge is -2.38. The molecule has 4 aliphatic heterocycles. The van der Waals surface area contributed by atoms with E-state index in [1.54, 1.807) is 36.7 Å². The van der Waals surface area contributed by atoms with Gasteiger partial charge >= 0.3 is 0 Å². The molecule has 2 aromatic carbocycles. The number of fused-ring (bicyclic) bond motifs is 2. The van der Waals surface area contributed by atoms with E-state index in [0.717, 1.165) is 105 Å². The van der Waals surface area contributed by atoms with Crippen molar-refractivity contribution in [3.05, 3.63) is 87.1 Å². The van der Waals surface area contributed by atoms with Gasteiger partial charge in [-0.1, -0.05) is 12.1 Å². The zero-order valence-electron chi connectivity index (χ0n) is 31.4. The number of nitrogens with zero attached hydrogens (tertiary/aromatic N) is 5. The van der Waals surface area contributed by atoms with Crippen LogP contribution in [0.3, 0.4) is 0 Å². The number of likely N-dealkylation sites (tertiary alicyclic amines) is 1. The number of amides is 2. The molecule has 8 rings (SSSR count). The van der Waals surface area contributed by atoms with Crippen LogP contribution in [0, 0.1) is 18.7 Å². The number of nitrogens with one attached hydrogen (secondary N) is 2. The maximum Gasteiger partial charge on any atom is 0.263 e. The van der Waals surface area contributed by atoms with Crippen LogP contribution in [0.2, 0.25) is 0 Å². The van der Waals surface area contributed by atoms with Crippen LogP contribution in [0.4, 0.5) is 36.1 Å². The van der Waals surface area contributed by atoms with E-state index < -0.39 is 12.5 Å². The Morgan fingerprint density at radius 1 is 0.891 bits per heavy atom. The van der Waals surface area contributed by atoms with E-state index in [2.05, 4.69) is 31.4 Å². The summed E-state index contributed by atoms with van der Waals surface area (Å²) in [6.07, 6.45) is 3.53. The fraction of sp³-hybridized carbons (Fsp3) is 0.476. The van der Waals surface area contributed by atoms with Crippen LogP contribution in [0.1, 0.15) is 79.7 Å². The topological polar surface area (TPSA) is 103 Å². The minimum atomic E-state index is -2.57. The number of aromatic nitrogens is 2. The van der Waals surface area contributed by atoms with Crippen LogP contribution < -0.4 is 26.0 Å². The molecule has 0 spiro atoms. The summed E-state index contributed by atoms with van der Waals surface area (Å²) in [4.78, 5) is 48.7. The molecule has 290 valence electrons. The van der Waals surface area contributed by atoms with Gasteiger partial charge in [-0.3, -0.25) is 19.7 Å². The zero-order valence-corrected chi connectivity index (χ0v) is 31.4. The Morgan fingerprint density at radius 2 is 1.67 bits per heavy atom. The molecule has 0 radical (unpaired) electrons. The number of carbonyl (C=O) groups excluding carboxylic acids is 2. The number of aryl methyl sites for hydroxylation is 3. The van der Waals surface area contributed by atoms with Crippen molar-refractivity contribution in [1.29, 1.82) is 0 Å². The van der Waals surface area contributed by atoms with E-state index in [1.807, 2.05) is 12.1 Å². The SMILES string of the molecule is Cc1cc2c(N3CCCc4ccc(C(F)F)cc43)nc(C3CCN(CC4CCN(c5ccc(NC6CCC(=O)NC6=O)cc5F)CC4)CC3)cc2n(C)c1=O. The first-order valence-corrected chi connectivity index (χ1v) is 19.6. The van der Waals surface area contributed by atoms with Crippen molar-refractivity contribution in [1.82, 2.24) is 19.8 Å². The molecule has 3 fully saturated rings. The molecule has 1 unspecified atom stereocenters. The Morgan fingerprint density at radius 3 is 2.40 bits per heavy atom. The first-order valence-electron chi connectivity index (χ1n) is 19.6. The molecule has 4 aliphatic rings. The van der Waals surface area contributed by atoms with Gasteiger partial charge < -0.3 is 24.6 Å². The van der Waals surface area contributed by atoms with Gasteiger partial charge in [0.1, 0.15) is 17.7 Å². The third kappa shape index (κ3) is 7.55. The van der Waals surface area contributed by atoms with E-state index in [-0.39, 0.29) is 41.1 Å². The third-order valence-corrected chi connectivity index (χ3v) is 12.1. The Kier molecular flexibility index (Phi) is 10.3. The van der Waals surface area contributed by atoms with Crippen LogP contribution in [0.5, 0.6) is 0 Å². The number of hydrogen-bond acceptors (Lipinski definition) is 8.